The molecule has 2 fully saturated rings. The van der Waals surface area contributed by atoms with E-state index >= 15 is 0 Å². The Balaban J connectivity index is 1.80. The van der Waals surface area contributed by atoms with E-state index in [0.717, 1.165) is 31.1 Å². The second kappa shape index (κ2) is 5.51. The van der Waals surface area contributed by atoms with Gasteiger partial charge in [0.15, 0.2) is 0 Å². The van der Waals surface area contributed by atoms with Crippen LogP contribution >= 0.6 is 0 Å². The minimum Gasteiger partial charge on any atom is -0.508 e. The molecule has 3 rings (SSSR count). The van der Waals surface area contributed by atoms with Crippen molar-refractivity contribution in [1.29, 1.82) is 0 Å². The van der Waals surface area contributed by atoms with Crippen LogP contribution in [-0.2, 0) is 0 Å². The third kappa shape index (κ3) is 2.63. The minimum atomic E-state index is 0.349. The minimum absolute atomic E-state index is 0.349. The van der Waals surface area contributed by atoms with E-state index in [1.54, 1.807) is 6.07 Å². The van der Waals surface area contributed by atoms with Crippen LogP contribution in [0.5, 0.6) is 5.75 Å². The Morgan fingerprint density at radius 2 is 2.05 bits per heavy atom. The number of benzene rings is 1. The predicted octanol–water partition coefficient (Wildman–Crippen LogP) is 2.67. The number of phenols is 1. The summed E-state index contributed by atoms with van der Waals surface area (Å²) in [4.78, 5) is 2.56. The first kappa shape index (κ1) is 12.9. The Bertz CT molecular complexity index is 435. The molecular formula is C16H24N2O. The molecule has 2 N–H and O–H groups in total. The van der Waals surface area contributed by atoms with Gasteiger partial charge < -0.3 is 10.4 Å². The highest BCUT2D eigenvalue weighted by Crippen LogP contribution is 2.33. The number of phenolic OH excluding ortho intramolecular Hbond substituents is 1. The fourth-order valence-corrected chi connectivity index (χ4v) is 3.70. The van der Waals surface area contributed by atoms with E-state index in [4.69, 9.17) is 0 Å². The van der Waals surface area contributed by atoms with Crippen molar-refractivity contribution in [2.75, 3.05) is 13.1 Å². The van der Waals surface area contributed by atoms with E-state index in [-0.39, 0.29) is 0 Å². The second-order valence-corrected chi connectivity index (χ2v) is 5.90. The van der Waals surface area contributed by atoms with Crippen molar-refractivity contribution < 1.29 is 5.11 Å². The maximum atomic E-state index is 10.1. The molecule has 0 amide bonds. The normalized spacial score (nSPS) is 29.1. The summed E-state index contributed by atoms with van der Waals surface area (Å²) in [5.41, 5.74) is 1.09. The monoisotopic (exact) mass is 260 g/mol. The molecule has 3 nitrogen and oxygen atoms in total. The number of hydrogen-bond acceptors (Lipinski definition) is 3. The van der Waals surface area contributed by atoms with Crippen LogP contribution in [0.15, 0.2) is 24.3 Å². The van der Waals surface area contributed by atoms with Crippen LogP contribution in [0.2, 0.25) is 0 Å². The molecule has 1 aromatic rings. The van der Waals surface area contributed by atoms with Crippen molar-refractivity contribution in [3.8, 4) is 5.75 Å². The van der Waals surface area contributed by atoms with E-state index in [0.29, 0.717) is 17.8 Å². The summed E-state index contributed by atoms with van der Waals surface area (Å²) >= 11 is 0. The third-order valence-corrected chi connectivity index (χ3v) is 4.68. The molecule has 2 aliphatic rings. The molecule has 2 heterocycles. The number of nitrogens with zero attached hydrogens (tertiary/aromatic N) is 1. The molecule has 0 spiro atoms. The predicted molar refractivity (Wildman–Crippen MR) is 77.3 cm³/mol. The fourth-order valence-electron chi connectivity index (χ4n) is 3.70. The van der Waals surface area contributed by atoms with Gasteiger partial charge in [-0.2, -0.15) is 0 Å². The molecule has 2 aliphatic heterocycles. The molecule has 3 unspecified atom stereocenters. The van der Waals surface area contributed by atoms with Crippen LogP contribution in [0, 0.1) is 0 Å². The van der Waals surface area contributed by atoms with Crippen molar-refractivity contribution in [2.24, 2.45) is 0 Å². The van der Waals surface area contributed by atoms with Gasteiger partial charge in [-0.05, 0) is 31.7 Å². The molecule has 1 aromatic carbocycles. The molecule has 0 aliphatic carbocycles. The molecule has 104 valence electrons. The van der Waals surface area contributed by atoms with Crippen LogP contribution in [0.4, 0.5) is 0 Å². The zero-order valence-corrected chi connectivity index (χ0v) is 11.7. The van der Waals surface area contributed by atoms with Gasteiger partial charge in [0.05, 0.1) is 0 Å². The maximum absolute atomic E-state index is 10.1. The molecule has 2 saturated heterocycles. The lowest BCUT2D eigenvalue weighted by molar-refractivity contribution is 0.179. The van der Waals surface area contributed by atoms with Crippen LogP contribution < -0.4 is 5.32 Å². The van der Waals surface area contributed by atoms with Gasteiger partial charge in [0.2, 0.25) is 0 Å². The molecular weight excluding hydrogens is 236 g/mol. The highest BCUT2D eigenvalue weighted by atomic mass is 16.3. The van der Waals surface area contributed by atoms with Crippen molar-refractivity contribution >= 4 is 0 Å². The summed E-state index contributed by atoms with van der Waals surface area (Å²) in [6.45, 7) is 4.47. The highest BCUT2D eigenvalue weighted by molar-refractivity contribution is 5.34. The fraction of sp³-hybridized carbons (Fsp3) is 0.625. The Kier molecular flexibility index (Phi) is 3.76. The largest absolute Gasteiger partial charge is 0.508 e. The topological polar surface area (TPSA) is 35.5 Å². The number of fused-ring (bicyclic) bond motifs is 2. The first-order chi connectivity index (χ1) is 9.28. The van der Waals surface area contributed by atoms with Crippen LogP contribution in [0.1, 0.15) is 44.2 Å². The van der Waals surface area contributed by atoms with Gasteiger partial charge in [-0.3, -0.25) is 4.90 Å². The number of likely N-dealkylation sites (tertiary alicyclic amines) is 1. The zero-order valence-electron chi connectivity index (χ0n) is 11.7. The molecule has 3 atom stereocenters. The standard InChI is InChI=1S/C16H24N2O/c1-2-15(14-5-3-4-6-16(14)19)18-10-9-12-7-8-13(11-18)17-12/h3-6,12-13,15,17,19H,2,7-11H2,1H3. The van der Waals surface area contributed by atoms with Gasteiger partial charge in [0.25, 0.3) is 0 Å². The maximum Gasteiger partial charge on any atom is 0.120 e. The Morgan fingerprint density at radius 3 is 2.84 bits per heavy atom. The van der Waals surface area contributed by atoms with Crippen molar-refractivity contribution in [1.82, 2.24) is 10.2 Å². The lowest BCUT2D eigenvalue weighted by Crippen LogP contribution is -2.37. The lowest BCUT2D eigenvalue weighted by Gasteiger charge is -2.32. The summed E-state index contributed by atoms with van der Waals surface area (Å²) in [5, 5.41) is 13.8. The van der Waals surface area contributed by atoms with E-state index < -0.39 is 0 Å². The summed E-state index contributed by atoms with van der Waals surface area (Å²) in [7, 11) is 0. The summed E-state index contributed by atoms with van der Waals surface area (Å²) in [5.74, 6) is 0.441. The molecule has 0 radical (unpaired) electrons. The molecule has 0 aromatic heterocycles. The van der Waals surface area contributed by atoms with Gasteiger partial charge >= 0.3 is 0 Å². The first-order valence-corrected chi connectivity index (χ1v) is 7.56. The summed E-state index contributed by atoms with van der Waals surface area (Å²) < 4.78 is 0. The number of rotatable bonds is 3. The van der Waals surface area contributed by atoms with Crippen LogP contribution in [0.25, 0.3) is 0 Å². The Hall–Kier alpha value is -1.06. The number of aromatic hydroxyl groups is 1. The second-order valence-electron chi connectivity index (χ2n) is 5.90. The van der Waals surface area contributed by atoms with E-state index in [1.165, 1.54) is 19.3 Å². The van der Waals surface area contributed by atoms with Gasteiger partial charge in [-0.1, -0.05) is 25.1 Å². The quantitative estimate of drug-likeness (QED) is 0.877. The van der Waals surface area contributed by atoms with Crippen LogP contribution in [0.3, 0.4) is 0 Å². The van der Waals surface area contributed by atoms with E-state index in [1.807, 2.05) is 12.1 Å². The lowest BCUT2D eigenvalue weighted by atomic mass is 9.99. The molecule has 3 heteroatoms. The average Bonchev–Trinajstić information content (AvgIpc) is 2.74. The Labute approximate surface area is 115 Å². The summed E-state index contributed by atoms with van der Waals surface area (Å²) in [6, 6.07) is 9.52. The van der Waals surface area contributed by atoms with Crippen LogP contribution in [-0.4, -0.2) is 35.2 Å². The van der Waals surface area contributed by atoms with Gasteiger partial charge in [-0.25, -0.2) is 0 Å². The Morgan fingerprint density at radius 1 is 1.26 bits per heavy atom. The average molecular weight is 260 g/mol. The molecule has 2 bridgehead atoms. The molecule has 0 saturated carbocycles. The number of para-hydroxylation sites is 1. The highest BCUT2D eigenvalue weighted by Gasteiger charge is 2.32. The van der Waals surface area contributed by atoms with Crippen molar-refractivity contribution in [3.63, 3.8) is 0 Å². The number of hydrogen-bond donors (Lipinski definition) is 2. The SMILES string of the molecule is CCC(c1ccccc1O)N1CCC2CCC(C1)N2. The van der Waals surface area contributed by atoms with Crippen molar-refractivity contribution in [2.45, 2.75) is 50.7 Å². The third-order valence-electron chi connectivity index (χ3n) is 4.68. The van der Waals surface area contributed by atoms with Gasteiger partial charge in [0.1, 0.15) is 5.75 Å². The van der Waals surface area contributed by atoms with Gasteiger partial charge in [0, 0.05) is 36.8 Å². The zero-order chi connectivity index (χ0) is 13.2. The van der Waals surface area contributed by atoms with E-state index in [2.05, 4.69) is 23.2 Å². The van der Waals surface area contributed by atoms with Gasteiger partial charge in [-0.15, -0.1) is 0 Å². The summed E-state index contributed by atoms with van der Waals surface area (Å²) in [6.07, 6.45) is 4.93. The first-order valence-electron chi connectivity index (χ1n) is 7.56. The van der Waals surface area contributed by atoms with E-state index in [9.17, 15) is 5.11 Å². The molecule has 19 heavy (non-hydrogen) atoms. The number of nitrogens with one attached hydrogen (secondary N) is 1. The smallest absolute Gasteiger partial charge is 0.120 e. The van der Waals surface area contributed by atoms with Crippen molar-refractivity contribution in [3.05, 3.63) is 29.8 Å².